The molecule has 1 heteroatoms. The Hall–Kier alpha value is -3.32. The molecular weight excluding hydrogens is 383 g/mol. The summed E-state index contributed by atoms with van der Waals surface area (Å²) in [5.41, 5.74) is 17.7. The zero-order chi connectivity index (χ0) is 21.2. The maximum absolute atomic E-state index is 2.39. The molecule has 0 amide bonds. The Kier molecular flexibility index (Phi) is 3.91. The molecule has 3 aliphatic rings. The van der Waals surface area contributed by atoms with E-state index in [0.717, 1.165) is 12.8 Å². The lowest BCUT2D eigenvalue weighted by atomic mass is 9.68. The van der Waals surface area contributed by atoms with Gasteiger partial charge in [-0.05, 0) is 76.3 Å². The van der Waals surface area contributed by atoms with Crippen molar-refractivity contribution < 1.29 is 0 Å². The molecule has 1 radical (unpaired) electrons. The standard InChI is InChI=1S/C31H24B/c1-19-18-28-25(16-17-30-31(28)27-12-6-7-13-29(27)32-30)20(19)14-15-26-23-10-4-2-8-21(23)22-9-3-5-11-24(22)26/h2-13,16-17,26H,14-15,18H2,1H3. The normalized spacial score (nSPS) is 15.2. The third-order valence-corrected chi connectivity index (χ3v) is 7.81. The summed E-state index contributed by atoms with van der Waals surface area (Å²) >= 11 is 0. The van der Waals surface area contributed by atoms with Crippen LogP contribution in [-0.4, -0.2) is 7.28 Å². The first-order valence-electron chi connectivity index (χ1n) is 11.8. The van der Waals surface area contributed by atoms with Crippen molar-refractivity contribution in [3.63, 3.8) is 0 Å². The van der Waals surface area contributed by atoms with E-state index in [1.807, 2.05) is 0 Å². The molecule has 0 N–H and O–H groups in total. The first-order chi connectivity index (χ1) is 15.8. The van der Waals surface area contributed by atoms with Gasteiger partial charge in [0.1, 0.15) is 0 Å². The van der Waals surface area contributed by atoms with Gasteiger partial charge in [-0.15, -0.1) is 0 Å². The third-order valence-electron chi connectivity index (χ3n) is 7.81. The molecule has 0 fully saturated rings. The van der Waals surface area contributed by atoms with Crippen LogP contribution in [0, 0.1) is 0 Å². The van der Waals surface area contributed by atoms with Crippen LogP contribution in [0.25, 0.3) is 27.8 Å². The average Bonchev–Trinajstić information content (AvgIpc) is 3.46. The van der Waals surface area contributed by atoms with E-state index in [0.29, 0.717) is 5.92 Å². The molecule has 0 saturated heterocycles. The van der Waals surface area contributed by atoms with Crippen LogP contribution < -0.4 is 10.9 Å². The molecule has 0 unspecified atom stereocenters. The first kappa shape index (κ1) is 18.3. The molecule has 0 saturated carbocycles. The van der Waals surface area contributed by atoms with Gasteiger partial charge in [-0.3, -0.25) is 0 Å². The SMILES string of the molecule is CC1=C(CCC2c3ccccc3-c3ccccc32)c2ccc3c(c2C1)-c1ccccc1[B]3. The number of hydrogen-bond donors (Lipinski definition) is 0. The maximum Gasteiger partial charge on any atom is 0.193 e. The topological polar surface area (TPSA) is 0 Å². The van der Waals surface area contributed by atoms with Gasteiger partial charge in [-0.1, -0.05) is 101 Å². The van der Waals surface area contributed by atoms with Crippen molar-refractivity contribution in [2.75, 3.05) is 0 Å². The lowest BCUT2D eigenvalue weighted by molar-refractivity contribution is 0.750. The minimum atomic E-state index is 0.496. The van der Waals surface area contributed by atoms with Gasteiger partial charge in [0.25, 0.3) is 0 Å². The Morgan fingerprint density at radius 3 is 2.09 bits per heavy atom. The van der Waals surface area contributed by atoms with Crippen LogP contribution in [-0.2, 0) is 6.42 Å². The van der Waals surface area contributed by atoms with Crippen molar-refractivity contribution in [1.29, 1.82) is 0 Å². The van der Waals surface area contributed by atoms with E-state index in [4.69, 9.17) is 0 Å². The molecule has 1 aliphatic heterocycles. The summed E-state index contributed by atoms with van der Waals surface area (Å²) in [5, 5.41) is 0. The lowest BCUT2D eigenvalue weighted by Gasteiger charge is -2.16. The van der Waals surface area contributed by atoms with Crippen LogP contribution in [0.3, 0.4) is 0 Å². The Bertz CT molecular complexity index is 1390. The van der Waals surface area contributed by atoms with Crippen molar-refractivity contribution in [2.45, 2.75) is 32.1 Å². The summed E-state index contributed by atoms with van der Waals surface area (Å²) in [6, 6.07) is 31.6. The number of benzene rings is 4. The monoisotopic (exact) mass is 407 g/mol. The van der Waals surface area contributed by atoms with E-state index < -0.39 is 0 Å². The highest BCUT2D eigenvalue weighted by Crippen LogP contribution is 2.48. The highest BCUT2D eigenvalue weighted by Gasteiger charge is 2.31. The Morgan fingerprint density at radius 1 is 0.688 bits per heavy atom. The molecule has 0 spiro atoms. The molecule has 0 bridgehead atoms. The maximum atomic E-state index is 2.39. The number of allylic oxidation sites excluding steroid dienone is 2. The van der Waals surface area contributed by atoms with E-state index in [-0.39, 0.29) is 0 Å². The van der Waals surface area contributed by atoms with E-state index in [2.05, 4.69) is 99.1 Å². The van der Waals surface area contributed by atoms with Gasteiger partial charge in [0.15, 0.2) is 7.28 Å². The highest BCUT2D eigenvalue weighted by atomic mass is 14.3. The summed E-state index contributed by atoms with van der Waals surface area (Å²) < 4.78 is 0. The largest absolute Gasteiger partial charge is 0.193 e. The summed E-state index contributed by atoms with van der Waals surface area (Å²) in [6.45, 7) is 2.35. The van der Waals surface area contributed by atoms with Crippen LogP contribution in [0.4, 0.5) is 0 Å². The summed E-state index contributed by atoms with van der Waals surface area (Å²) in [7, 11) is 2.35. The van der Waals surface area contributed by atoms with Gasteiger partial charge in [0.2, 0.25) is 0 Å². The van der Waals surface area contributed by atoms with Gasteiger partial charge in [-0.2, -0.15) is 0 Å². The fourth-order valence-corrected chi connectivity index (χ4v) is 6.40. The predicted octanol–water partition coefficient (Wildman–Crippen LogP) is 6.24. The molecule has 4 aromatic carbocycles. The summed E-state index contributed by atoms with van der Waals surface area (Å²) in [4.78, 5) is 0. The van der Waals surface area contributed by atoms with Crippen LogP contribution in [0.5, 0.6) is 0 Å². The molecular formula is C31H24B. The van der Waals surface area contributed by atoms with Crippen LogP contribution >= 0.6 is 0 Å². The van der Waals surface area contributed by atoms with Gasteiger partial charge >= 0.3 is 0 Å². The Balaban J connectivity index is 1.25. The van der Waals surface area contributed by atoms with E-state index >= 15 is 0 Å². The van der Waals surface area contributed by atoms with Crippen molar-refractivity contribution in [2.24, 2.45) is 0 Å². The fraction of sp³-hybridized carbons (Fsp3) is 0.161. The highest BCUT2D eigenvalue weighted by molar-refractivity contribution is 6.73. The number of fused-ring (bicyclic) bond motifs is 8. The zero-order valence-electron chi connectivity index (χ0n) is 18.4. The van der Waals surface area contributed by atoms with Crippen LogP contribution in [0.1, 0.15) is 47.9 Å². The van der Waals surface area contributed by atoms with Gasteiger partial charge in [0, 0.05) is 5.92 Å². The summed E-state index contributed by atoms with van der Waals surface area (Å²) in [6.07, 6.45) is 3.39. The molecule has 7 rings (SSSR count). The first-order valence-corrected chi connectivity index (χ1v) is 11.8. The lowest BCUT2D eigenvalue weighted by Crippen LogP contribution is -2.20. The minimum absolute atomic E-state index is 0.496. The third kappa shape index (κ3) is 2.51. The van der Waals surface area contributed by atoms with Crippen molar-refractivity contribution in [3.05, 3.63) is 113 Å². The van der Waals surface area contributed by atoms with E-state index in [1.54, 1.807) is 16.7 Å². The second-order valence-corrected chi connectivity index (χ2v) is 9.49. The van der Waals surface area contributed by atoms with E-state index in [1.165, 1.54) is 56.3 Å². The van der Waals surface area contributed by atoms with Gasteiger partial charge in [-0.25, -0.2) is 0 Å². The number of rotatable bonds is 3. The molecule has 0 nitrogen and oxygen atoms in total. The molecule has 0 atom stereocenters. The van der Waals surface area contributed by atoms with Crippen molar-refractivity contribution >= 4 is 23.8 Å². The van der Waals surface area contributed by atoms with Crippen LogP contribution in [0.15, 0.2) is 90.5 Å². The molecule has 4 aromatic rings. The summed E-state index contributed by atoms with van der Waals surface area (Å²) in [5.74, 6) is 0.496. The molecule has 0 aromatic heterocycles. The molecule has 32 heavy (non-hydrogen) atoms. The predicted molar refractivity (Wildman–Crippen MR) is 136 cm³/mol. The minimum Gasteiger partial charge on any atom is -0.0737 e. The molecule has 1 heterocycles. The zero-order valence-corrected chi connectivity index (χ0v) is 18.4. The molecule has 151 valence electrons. The Morgan fingerprint density at radius 2 is 1.34 bits per heavy atom. The Labute approximate surface area is 190 Å². The van der Waals surface area contributed by atoms with Crippen LogP contribution in [0.2, 0.25) is 0 Å². The van der Waals surface area contributed by atoms with Gasteiger partial charge in [0.05, 0.1) is 0 Å². The quantitative estimate of drug-likeness (QED) is 0.311. The number of hydrogen-bond acceptors (Lipinski definition) is 0. The fourth-order valence-electron chi connectivity index (χ4n) is 6.40. The second kappa shape index (κ2) is 6.84. The average molecular weight is 407 g/mol. The molecule has 2 aliphatic carbocycles. The second-order valence-electron chi connectivity index (χ2n) is 9.49. The van der Waals surface area contributed by atoms with Crippen molar-refractivity contribution in [3.8, 4) is 22.3 Å². The van der Waals surface area contributed by atoms with Gasteiger partial charge < -0.3 is 0 Å². The van der Waals surface area contributed by atoms with E-state index in [9.17, 15) is 0 Å². The van der Waals surface area contributed by atoms with Crippen molar-refractivity contribution in [1.82, 2.24) is 0 Å². The smallest absolute Gasteiger partial charge is 0.0737 e.